The highest BCUT2D eigenvalue weighted by Crippen LogP contribution is 2.46. The molecule has 0 spiro atoms. The number of anilines is 2. The van der Waals surface area contributed by atoms with Gasteiger partial charge in [-0.3, -0.25) is 4.79 Å². The highest BCUT2D eigenvalue weighted by atomic mass is 127. The number of rotatable bonds is 8. The van der Waals surface area contributed by atoms with Gasteiger partial charge in [0.15, 0.2) is 6.23 Å². The van der Waals surface area contributed by atoms with E-state index in [2.05, 4.69) is 79.0 Å². The first kappa shape index (κ1) is 22.2. The number of aromatic nitrogens is 1. The van der Waals surface area contributed by atoms with Crippen molar-refractivity contribution >= 4 is 51.8 Å². The summed E-state index contributed by atoms with van der Waals surface area (Å²) >= 11 is 2.14. The molecule has 1 fully saturated rings. The van der Waals surface area contributed by atoms with Gasteiger partial charge in [-0.25, -0.2) is 0 Å². The van der Waals surface area contributed by atoms with Crippen LogP contribution in [-0.2, 0) is 4.74 Å². The number of hydrogen-bond donors (Lipinski definition) is 4. The molecule has 4 rings (SSSR count). The number of fused-ring (bicyclic) bond motifs is 2. The van der Waals surface area contributed by atoms with E-state index >= 15 is 0 Å². The predicted molar refractivity (Wildman–Crippen MR) is 135 cm³/mol. The number of benzene rings is 1. The Labute approximate surface area is 197 Å². The van der Waals surface area contributed by atoms with E-state index < -0.39 is 0 Å². The lowest BCUT2D eigenvalue weighted by Gasteiger charge is -2.18. The van der Waals surface area contributed by atoms with Crippen molar-refractivity contribution in [3.63, 3.8) is 0 Å². The SMILES string of the molecule is CCN(CC)CCNC(=O)c1c(C)[nH]c(/C=C2/c3cc(NI)ccc3NC3OC23)c1C. The van der Waals surface area contributed by atoms with Crippen LogP contribution in [0.1, 0.15) is 46.7 Å². The molecule has 1 amide bonds. The lowest BCUT2D eigenvalue weighted by molar-refractivity contribution is 0.0948. The van der Waals surface area contributed by atoms with Crippen molar-refractivity contribution in [1.82, 2.24) is 15.2 Å². The van der Waals surface area contributed by atoms with Gasteiger partial charge in [0.05, 0.1) is 28.4 Å². The molecule has 0 aliphatic carbocycles. The third-order valence-corrected chi connectivity index (χ3v) is 6.77. The van der Waals surface area contributed by atoms with Gasteiger partial charge < -0.3 is 28.8 Å². The first-order valence-electron chi connectivity index (χ1n) is 10.8. The molecule has 2 aromatic rings. The van der Waals surface area contributed by atoms with Crippen LogP contribution >= 0.6 is 22.9 Å². The Kier molecular flexibility index (Phi) is 6.59. The third-order valence-electron chi connectivity index (χ3n) is 6.15. The van der Waals surface area contributed by atoms with Crippen molar-refractivity contribution in [2.24, 2.45) is 0 Å². The fraction of sp³-hybridized carbons (Fsp3) is 0.435. The number of carbonyl (C=O) groups excluding carboxylic acids is 1. The number of halogens is 1. The lowest BCUT2D eigenvalue weighted by Crippen LogP contribution is -2.35. The molecule has 0 radical (unpaired) electrons. The number of carbonyl (C=O) groups is 1. The average Bonchev–Trinajstić information content (AvgIpc) is 3.49. The Morgan fingerprint density at radius 1 is 1.29 bits per heavy atom. The average molecular weight is 535 g/mol. The Morgan fingerprint density at radius 3 is 2.77 bits per heavy atom. The Hall–Kier alpha value is -2.04. The van der Waals surface area contributed by atoms with E-state index in [9.17, 15) is 4.79 Å². The van der Waals surface area contributed by atoms with Crippen LogP contribution in [0.5, 0.6) is 0 Å². The minimum Gasteiger partial charge on any atom is -0.358 e. The van der Waals surface area contributed by atoms with E-state index in [1.807, 2.05) is 19.9 Å². The summed E-state index contributed by atoms with van der Waals surface area (Å²) in [7, 11) is 0. The maximum absolute atomic E-state index is 12.9. The minimum absolute atomic E-state index is 0.0225. The molecule has 2 aliphatic heterocycles. The van der Waals surface area contributed by atoms with Crippen LogP contribution in [0.2, 0.25) is 0 Å². The second kappa shape index (κ2) is 9.22. The van der Waals surface area contributed by atoms with Gasteiger partial charge in [0, 0.05) is 41.4 Å². The molecular formula is C23H30IN5O2. The summed E-state index contributed by atoms with van der Waals surface area (Å²) in [5, 5.41) is 6.50. The van der Waals surface area contributed by atoms with Crippen molar-refractivity contribution in [3.05, 3.63) is 46.3 Å². The summed E-state index contributed by atoms with van der Waals surface area (Å²) in [6, 6.07) is 6.25. The molecule has 166 valence electrons. The van der Waals surface area contributed by atoms with E-state index in [0.29, 0.717) is 6.54 Å². The third kappa shape index (κ3) is 4.47. The van der Waals surface area contributed by atoms with Gasteiger partial charge in [0.2, 0.25) is 0 Å². The van der Waals surface area contributed by atoms with E-state index in [1.54, 1.807) is 0 Å². The van der Waals surface area contributed by atoms with E-state index in [4.69, 9.17) is 4.74 Å². The summed E-state index contributed by atoms with van der Waals surface area (Å²) in [6.45, 7) is 11.7. The monoisotopic (exact) mass is 535 g/mol. The largest absolute Gasteiger partial charge is 0.358 e. The number of likely N-dealkylation sites (N-methyl/N-ethyl adjacent to an activating group) is 1. The molecule has 0 bridgehead atoms. The van der Waals surface area contributed by atoms with Crippen molar-refractivity contribution in [3.8, 4) is 0 Å². The quantitative estimate of drug-likeness (QED) is 0.232. The molecule has 1 saturated heterocycles. The summed E-state index contributed by atoms with van der Waals surface area (Å²) in [5.74, 6) is -0.0225. The van der Waals surface area contributed by atoms with E-state index in [1.165, 1.54) is 0 Å². The minimum atomic E-state index is -0.0225. The van der Waals surface area contributed by atoms with Crippen LogP contribution < -0.4 is 14.2 Å². The maximum Gasteiger partial charge on any atom is 0.253 e. The second-order valence-electron chi connectivity index (χ2n) is 8.02. The van der Waals surface area contributed by atoms with Gasteiger partial charge in [-0.2, -0.15) is 0 Å². The number of nitrogens with zero attached hydrogens (tertiary/aromatic N) is 1. The highest BCUT2D eigenvalue weighted by molar-refractivity contribution is 14.1. The van der Waals surface area contributed by atoms with Gasteiger partial charge in [-0.15, -0.1) is 0 Å². The zero-order valence-electron chi connectivity index (χ0n) is 18.4. The first-order valence-corrected chi connectivity index (χ1v) is 11.9. The van der Waals surface area contributed by atoms with E-state index in [-0.39, 0.29) is 18.2 Å². The zero-order valence-corrected chi connectivity index (χ0v) is 20.6. The second-order valence-corrected chi connectivity index (χ2v) is 8.56. The molecule has 31 heavy (non-hydrogen) atoms. The molecular weight excluding hydrogens is 505 g/mol. The van der Waals surface area contributed by atoms with Crippen molar-refractivity contribution in [1.29, 1.82) is 0 Å². The Morgan fingerprint density at radius 2 is 2.06 bits per heavy atom. The summed E-state index contributed by atoms with van der Waals surface area (Å²) < 4.78 is 9.02. The standard InChI is InChI=1S/C23H30IN5O2/c1-5-29(6-2)10-9-25-22(30)20-13(3)19(26-14(20)4)12-17-16-11-15(28-24)7-8-18(16)27-23-21(17)31-23/h7-8,11-12,21,23,26-28H,5-6,9-10H2,1-4H3,(H,25,30)/b17-12-. The number of ether oxygens (including phenoxy) is 1. The molecule has 1 aromatic carbocycles. The van der Waals surface area contributed by atoms with Crippen LogP contribution in [0.4, 0.5) is 11.4 Å². The van der Waals surface area contributed by atoms with Gasteiger partial charge >= 0.3 is 0 Å². The van der Waals surface area contributed by atoms with Crippen LogP contribution in [0.15, 0.2) is 18.2 Å². The molecule has 2 atom stereocenters. The number of hydrogen-bond acceptors (Lipinski definition) is 5. The maximum atomic E-state index is 12.9. The van der Waals surface area contributed by atoms with Crippen LogP contribution in [0, 0.1) is 13.8 Å². The summed E-state index contributed by atoms with van der Waals surface area (Å²) in [5.41, 5.74) is 7.89. The molecule has 2 unspecified atom stereocenters. The number of aryl methyl sites for hydroxylation is 1. The number of nitrogens with one attached hydrogen (secondary N) is 4. The van der Waals surface area contributed by atoms with Crippen molar-refractivity contribution < 1.29 is 9.53 Å². The summed E-state index contributed by atoms with van der Waals surface area (Å²) in [4.78, 5) is 18.6. The summed E-state index contributed by atoms with van der Waals surface area (Å²) in [6.07, 6.45) is 2.19. The topological polar surface area (TPSA) is 84.7 Å². The fourth-order valence-electron chi connectivity index (χ4n) is 4.26. The first-order chi connectivity index (χ1) is 15.0. The smallest absolute Gasteiger partial charge is 0.253 e. The number of H-pyrrole nitrogens is 1. The van der Waals surface area contributed by atoms with Crippen molar-refractivity contribution in [2.75, 3.05) is 35.0 Å². The van der Waals surface area contributed by atoms with Gasteiger partial charge in [-0.05, 0) is 62.3 Å². The molecule has 8 heteroatoms. The van der Waals surface area contributed by atoms with Gasteiger partial charge in [0.25, 0.3) is 5.91 Å². The molecule has 3 heterocycles. The lowest BCUT2D eigenvalue weighted by atomic mass is 9.95. The molecule has 0 saturated carbocycles. The number of amides is 1. The van der Waals surface area contributed by atoms with Crippen molar-refractivity contribution in [2.45, 2.75) is 40.0 Å². The number of epoxide rings is 1. The molecule has 2 aliphatic rings. The fourth-order valence-corrected chi connectivity index (χ4v) is 4.60. The van der Waals surface area contributed by atoms with Gasteiger partial charge in [0.1, 0.15) is 6.10 Å². The normalized spacial score (nSPS) is 20.3. The Balaban J connectivity index is 1.58. The molecule has 1 aromatic heterocycles. The molecule has 7 nitrogen and oxygen atoms in total. The van der Waals surface area contributed by atoms with E-state index in [0.717, 1.165) is 64.7 Å². The highest BCUT2D eigenvalue weighted by Gasteiger charge is 2.46. The van der Waals surface area contributed by atoms with Crippen LogP contribution in [0.25, 0.3) is 11.6 Å². The predicted octanol–water partition coefficient (Wildman–Crippen LogP) is 4.16. The van der Waals surface area contributed by atoms with Crippen LogP contribution in [0.3, 0.4) is 0 Å². The Bertz CT molecular complexity index is 1010. The zero-order chi connectivity index (χ0) is 22.1. The van der Waals surface area contributed by atoms with Crippen LogP contribution in [-0.4, -0.2) is 54.3 Å². The number of aromatic amines is 1. The van der Waals surface area contributed by atoms with Gasteiger partial charge in [-0.1, -0.05) is 13.8 Å². The molecule has 4 N–H and O–H groups in total.